The Morgan fingerprint density at radius 1 is 1.06 bits per heavy atom. The predicted octanol–water partition coefficient (Wildman–Crippen LogP) is 3.63. The van der Waals surface area contributed by atoms with Crippen LogP contribution >= 0.6 is 0 Å². The molecular formula is C16H31NO. The van der Waals surface area contributed by atoms with Gasteiger partial charge in [0, 0.05) is 11.6 Å². The Hall–Kier alpha value is -0.0800. The van der Waals surface area contributed by atoms with Crippen LogP contribution in [0.25, 0.3) is 0 Å². The van der Waals surface area contributed by atoms with Gasteiger partial charge < -0.3 is 10.4 Å². The predicted molar refractivity (Wildman–Crippen MR) is 76.7 cm³/mol. The van der Waals surface area contributed by atoms with Gasteiger partial charge in [0.15, 0.2) is 0 Å². The summed E-state index contributed by atoms with van der Waals surface area (Å²) in [6.07, 6.45) is 14.4. The minimum absolute atomic E-state index is 0.0531. The molecule has 2 saturated carbocycles. The standard InChI is InChI=1S/C16H31NO/c1-2-6-14-7-5-11-16(13-18,12-10-14)17-15-8-3-4-9-15/h14-15,17-18H,2-13H2,1H3. The number of aliphatic hydroxyl groups excluding tert-OH is 1. The lowest BCUT2D eigenvalue weighted by molar-refractivity contribution is 0.129. The van der Waals surface area contributed by atoms with Crippen molar-refractivity contribution in [1.29, 1.82) is 0 Å². The van der Waals surface area contributed by atoms with Crippen LogP contribution < -0.4 is 5.32 Å². The van der Waals surface area contributed by atoms with Gasteiger partial charge in [0.2, 0.25) is 0 Å². The highest BCUT2D eigenvalue weighted by Crippen LogP contribution is 2.34. The molecule has 0 aliphatic heterocycles. The molecule has 0 heterocycles. The Morgan fingerprint density at radius 3 is 2.50 bits per heavy atom. The van der Waals surface area contributed by atoms with Crippen molar-refractivity contribution in [3.63, 3.8) is 0 Å². The molecule has 2 heteroatoms. The third kappa shape index (κ3) is 3.71. The fourth-order valence-electron chi connectivity index (χ4n) is 4.03. The van der Waals surface area contributed by atoms with E-state index >= 15 is 0 Å². The topological polar surface area (TPSA) is 32.3 Å². The van der Waals surface area contributed by atoms with Crippen LogP contribution in [-0.2, 0) is 0 Å². The summed E-state index contributed by atoms with van der Waals surface area (Å²) >= 11 is 0. The van der Waals surface area contributed by atoms with Crippen molar-refractivity contribution in [3.8, 4) is 0 Å². The summed E-state index contributed by atoms with van der Waals surface area (Å²) in [6, 6.07) is 0.680. The van der Waals surface area contributed by atoms with Crippen LogP contribution in [0.3, 0.4) is 0 Å². The van der Waals surface area contributed by atoms with Crippen molar-refractivity contribution in [2.75, 3.05) is 6.61 Å². The van der Waals surface area contributed by atoms with E-state index in [4.69, 9.17) is 0 Å². The molecule has 18 heavy (non-hydrogen) atoms. The molecule has 0 aromatic carbocycles. The van der Waals surface area contributed by atoms with Gasteiger partial charge in [-0.2, -0.15) is 0 Å². The van der Waals surface area contributed by atoms with E-state index in [1.54, 1.807) is 0 Å². The van der Waals surface area contributed by atoms with Crippen LogP contribution in [0.4, 0.5) is 0 Å². The maximum atomic E-state index is 9.88. The summed E-state index contributed by atoms with van der Waals surface area (Å²) in [6.45, 7) is 2.63. The van der Waals surface area contributed by atoms with Gasteiger partial charge in [0.1, 0.15) is 0 Å². The summed E-state index contributed by atoms with van der Waals surface area (Å²) in [7, 11) is 0. The molecular weight excluding hydrogens is 222 g/mol. The van der Waals surface area contributed by atoms with E-state index in [1.807, 2.05) is 0 Å². The summed E-state index contributed by atoms with van der Waals surface area (Å²) in [4.78, 5) is 0. The first-order valence-electron chi connectivity index (χ1n) is 8.16. The van der Waals surface area contributed by atoms with E-state index in [0.29, 0.717) is 12.6 Å². The lowest BCUT2D eigenvalue weighted by Gasteiger charge is -2.35. The number of nitrogens with one attached hydrogen (secondary N) is 1. The molecule has 0 bridgehead atoms. The fourth-order valence-corrected chi connectivity index (χ4v) is 4.03. The minimum Gasteiger partial charge on any atom is -0.394 e. The zero-order valence-corrected chi connectivity index (χ0v) is 12.1. The Morgan fingerprint density at radius 2 is 1.83 bits per heavy atom. The zero-order chi connectivity index (χ0) is 12.8. The van der Waals surface area contributed by atoms with E-state index in [9.17, 15) is 5.11 Å². The lowest BCUT2D eigenvalue weighted by atomic mass is 9.88. The maximum absolute atomic E-state index is 9.88. The van der Waals surface area contributed by atoms with E-state index in [1.165, 1.54) is 70.6 Å². The van der Waals surface area contributed by atoms with E-state index < -0.39 is 0 Å². The molecule has 2 N–H and O–H groups in total. The van der Waals surface area contributed by atoms with Gasteiger partial charge in [-0.3, -0.25) is 0 Å². The first kappa shape index (κ1) is 14.3. The highest BCUT2D eigenvalue weighted by molar-refractivity contribution is 4.94. The van der Waals surface area contributed by atoms with Crippen LogP contribution in [0, 0.1) is 5.92 Å². The van der Waals surface area contributed by atoms with Gasteiger partial charge >= 0.3 is 0 Å². The van der Waals surface area contributed by atoms with Crippen LogP contribution in [0.5, 0.6) is 0 Å². The van der Waals surface area contributed by atoms with Gasteiger partial charge in [-0.25, -0.2) is 0 Å². The monoisotopic (exact) mass is 253 g/mol. The second-order valence-electron chi connectivity index (χ2n) is 6.65. The van der Waals surface area contributed by atoms with Crippen LogP contribution in [-0.4, -0.2) is 23.3 Å². The molecule has 2 nitrogen and oxygen atoms in total. The highest BCUT2D eigenvalue weighted by atomic mass is 16.3. The second kappa shape index (κ2) is 6.91. The number of aliphatic hydroxyl groups is 1. The van der Waals surface area contributed by atoms with E-state index in [2.05, 4.69) is 12.2 Å². The largest absolute Gasteiger partial charge is 0.394 e. The number of hydrogen-bond acceptors (Lipinski definition) is 2. The first-order chi connectivity index (χ1) is 8.78. The smallest absolute Gasteiger partial charge is 0.0613 e. The molecule has 106 valence electrons. The summed E-state index contributed by atoms with van der Waals surface area (Å²) in [5.41, 5.74) is 0.0531. The van der Waals surface area contributed by atoms with Crippen molar-refractivity contribution >= 4 is 0 Å². The molecule has 2 fully saturated rings. The van der Waals surface area contributed by atoms with Crippen LogP contribution in [0.15, 0.2) is 0 Å². The van der Waals surface area contributed by atoms with E-state index in [-0.39, 0.29) is 5.54 Å². The van der Waals surface area contributed by atoms with Gasteiger partial charge in [0.25, 0.3) is 0 Å². The molecule has 0 amide bonds. The highest BCUT2D eigenvalue weighted by Gasteiger charge is 2.34. The summed E-state index contributed by atoms with van der Waals surface area (Å²) < 4.78 is 0. The molecule has 0 radical (unpaired) electrons. The van der Waals surface area contributed by atoms with Crippen LogP contribution in [0.2, 0.25) is 0 Å². The molecule has 2 aliphatic carbocycles. The molecule has 2 unspecified atom stereocenters. The fraction of sp³-hybridized carbons (Fsp3) is 1.00. The van der Waals surface area contributed by atoms with Gasteiger partial charge in [-0.15, -0.1) is 0 Å². The lowest BCUT2D eigenvalue weighted by Crippen LogP contribution is -2.52. The first-order valence-corrected chi connectivity index (χ1v) is 8.16. The molecule has 0 saturated heterocycles. The van der Waals surface area contributed by atoms with Gasteiger partial charge in [-0.05, 0) is 38.0 Å². The van der Waals surface area contributed by atoms with Crippen molar-refractivity contribution < 1.29 is 5.11 Å². The minimum atomic E-state index is 0.0531. The average molecular weight is 253 g/mol. The Kier molecular flexibility index (Phi) is 5.50. The Balaban J connectivity index is 1.89. The second-order valence-corrected chi connectivity index (χ2v) is 6.65. The summed E-state index contributed by atoms with van der Waals surface area (Å²) in [5, 5.41) is 13.7. The molecule has 0 aromatic rings. The third-order valence-corrected chi connectivity index (χ3v) is 5.16. The molecule has 2 aliphatic rings. The molecule has 0 aromatic heterocycles. The zero-order valence-electron chi connectivity index (χ0n) is 12.1. The number of rotatable bonds is 5. The third-order valence-electron chi connectivity index (χ3n) is 5.16. The van der Waals surface area contributed by atoms with E-state index in [0.717, 1.165) is 5.92 Å². The molecule has 2 atom stereocenters. The number of hydrogen-bond donors (Lipinski definition) is 2. The van der Waals surface area contributed by atoms with Crippen LogP contribution in [0.1, 0.15) is 77.6 Å². The quantitative estimate of drug-likeness (QED) is 0.733. The SMILES string of the molecule is CCCC1CCCC(CO)(NC2CCCC2)CC1. The van der Waals surface area contributed by atoms with Gasteiger partial charge in [-0.1, -0.05) is 45.4 Å². The van der Waals surface area contributed by atoms with Gasteiger partial charge in [0.05, 0.1) is 6.61 Å². The normalized spacial score (nSPS) is 34.7. The summed E-state index contributed by atoms with van der Waals surface area (Å²) in [5.74, 6) is 0.911. The maximum Gasteiger partial charge on any atom is 0.0613 e. The van der Waals surface area contributed by atoms with Crippen molar-refractivity contribution in [3.05, 3.63) is 0 Å². The van der Waals surface area contributed by atoms with Crippen molar-refractivity contribution in [2.24, 2.45) is 5.92 Å². The van der Waals surface area contributed by atoms with Crippen molar-refractivity contribution in [1.82, 2.24) is 5.32 Å². The molecule has 0 spiro atoms. The Labute approximate surface area is 113 Å². The average Bonchev–Trinajstić information content (AvgIpc) is 2.80. The van der Waals surface area contributed by atoms with Crippen molar-refractivity contribution in [2.45, 2.75) is 89.1 Å². The Bertz CT molecular complexity index is 237. The molecule has 2 rings (SSSR count).